The van der Waals surface area contributed by atoms with Gasteiger partial charge in [0, 0.05) is 0 Å². The molecule has 0 fully saturated rings. The van der Waals surface area contributed by atoms with Crippen LogP contribution in [0.2, 0.25) is 0 Å². The molecule has 1 N–H and O–H groups in total. The molecule has 0 spiro atoms. The SMILES string of the molecule is O=C/C=C/[C@@H](O)COS(=O)(=O)C(F)(F)F. The molecular weight excluding hydrogens is 241 g/mol. The summed E-state index contributed by atoms with van der Waals surface area (Å²) in [5.74, 6) is 0. The van der Waals surface area contributed by atoms with Gasteiger partial charge in [0.25, 0.3) is 0 Å². The number of alkyl halides is 3. The van der Waals surface area contributed by atoms with Gasteiger partial charge in [0.2, 0.25) is 0 Å². The Morgan fingerprint density at radius 3 is 2.33 bits per heavy atom. The molecule has 0 aliphatic carbocycles. The number of aliphatic hydroxyl groups excluding tert-OH is 1. The minimum atomic E-state index is -5.70. The average molecular weight is 248 g/mol. The molecule has 0 aromatic heterocycles. The van der Waals surface area contributed by atoms with Gasteiger partial charge < -0.3 is 5.11 Å². The van der Waals surface area contributed by atoms with Crippen molar-refractivity contribution in [3.05, 3.63) is 12.2 Å². The van der Waals surface area contributed by atoms with Crippen LogP contribution in [0, 0.1) is 0 Å². The Balaban J connectivity index is 4.29. The van der Waals surface area contributed by atoms with E-state index in [-0.39, 0.29) is 6.29 Å². The second kappa shape index (κ2) is 5.24. The van der Waals surface area contributed by atoms with Crippen molar-refractivity contribution in [1.29, 1.82) is 0 Å². The number of carbonyl (C=O) groups excluding carboxylic acids is 1. The molecule has 0 heterocycles. The van der Waals surface area contributed by atoms with Crippen LogP contribution in [0.5, 0.6) is 0 Å². The summed E-state index contributed by atoms with van der Waals surface area (Å²) in [6.45, 7) is -1.10. The second-order valence-electron chi connectivity index (χ2n) is 2.27. The lowest BCUT2D eigenvalue weighted by Gasteiger charge is -2.09. The summed E-state index contributed by atoms with van der Waals surface area (Å²) in [6.07, 6.45) is 0.251. The summed E-state index contributed by atoms with van der Waals surface area (Å²) >= 11 is 0. The largest absolute Gasteiger partial charge is 0.523 e. The number of rotatable bonds is 5. The van der Waals surface area contributed by atoms with Gasteiger partial charge in [-0.15, -0.1) is 0 Å². The maximum absolute atomic E-state index is 11.7. The highest BCUT2D eigenvalue weighted by Gasteiger charge is 2.47. The predicted molar refractivity (Wildman–Crippen MR) is 42.1 cm³/mol. The fourth-order valence-corrected chi connectivity index (χ4v) is 0.907. The van der Waals surface area contributed by atoms with E-state index in [0.717, 1.165) is 12.2 Å². The zero-order valence-electron chi connectivity index (χ0n) is 7.14. The van der Waals surface area contributed by atoms with E-state index in [1.807, 2.05) is 0 Å². The molecule has 9 heteroatoms. The highest BCUT2D eigenvalue weighted by molar-refractivity contribution is 7.87. The third-order valence-electron chi connectivity index (χ3n) is 1.09. The summed E-state index contributed by atoms with van der Waals surface area (Å²) in [5.41, 5.74) is -5.53. The van der Waals surface area contributed by atoms with E-state index in [4.69, 9.17) is 5.11 Å². The second-order valence-corrected chi connectivity index (χ2v) is 3.88. The first-order chi connectivity index (χ1) is 6.70. The number of allylic oxidation sites excluding steroid dienone is 1. The normalized spacial score (nSPS) is 15.5. The van der Waals surface area contributed by atoms with E-state index in [1.165, 1.54) is 0 Å². The Kier molecular flexibility index (Phi) is 4.91. The zero-order valence-corrected chi connectivity index (χ0v) is 7.96. The van der Waals surface area contributed by atoms with Gasteiger partial charge in [-0.05, 0) is 6.08 Å². The maximum Gasteiger partial charge on any atom is 0.523 e. The smallest absolute Gasteiger partial charge is 0.387 e. The number of hydrogen-bond donors (Lipinski definition) is 1. The van der Waals surface area contributed by atoms with Crippen LogP contribution in [0.3, 0.4) is 0 Å². The molecule has 0 rings (SSSR count). The van der Waals surface area contributed by atoms with Crippen LogP contribution in [0.25, 0.3) is 0 Å². The lowest BCUT2D eigenvalue weighted by molar-refractivity contribution is -0.104. The molecule has 0 saturated carbocycles. The van der Waals surface area contributed by atoms with Gasteiger partial charge in [-0.2, -0.15) is 21.6 Å². The summed E-state index contributed by atoms with van der Waals surface area (Å²) < 4.78 is 59.0. The van der Waals surface area contributed by atoms with Crippen molar-refractivity contribution in [3.63, 3.8) is 0 Å². The van der Waals surface area contributed by atoms with Crippen LogP contribution in [0.15, 0.2) is 12.2 Å². The molecule has 5 nitrogen and oxygen atoms in total. The molecule has 0 bridgehead atoms. The summed E-state index contributed by atoms with van der Waals surface area (Å²) in [6, 6.07) is 0. The van der Waals surface area contributed by atoms with Crippen molar-refractivity contribution in [3.8, 4) is 0 Å². The lowest BCUT2D eigenvalue weighted by atomic mass is 10.3. The fraction of sp³-hybridized carbons (Fsp3) is 0.500. The number of aldehydes is 1. The topological polar surface area (TPSA) is 80.7 Å². The van der Waals surface area contributed by atoms with Crippen LogP contribution in [-0.2, 0) is 19.1 Å². The minimum absolute atomic E-state index is 0.265. The predicted octanol–water partition coefficient (Wildman–Crippen LogP) is -0.0314. The Bertz CT molecular complexity index is 331. The third kappa shape index (κ3) is 4.91. The van der Waals surface area contributed by atoms with E-state index in [9.17, 15) is 26.4 Å². The Morgan fingerprint density at radius 1 is 1.40 bits per heavy atom. The standard InChI is InChI=1S/C6H7F3O5S/c7-6(8,9)15(12,13)14-4-5(11)2-1-3-10/h1-3,5,11H,4H2/b2-1+/t5-/m1/s1. The van der Waals surface area contributed by atoms with Gasteiger partial charge in [-0.25, -0.2) is 0 Å². The zero-order chi connectivity index (χ0) is 12.1. The average Bonchev–Trinajstić information content (AvgIpc) is 2.09. The van der Waals surface area contributed by atoms with Crippen molar-refractivity contribution in [2.24, 2.45) is 0 Å². The van der Waals surface area contributed by atoms with Crippen LogP contribution >= 0.6 is 0 Å². The van der Waals surface area contributed by atoms with Gasteiger partial charge >= 0.3 is 15.6 Å². The summed E-state index contributed by atoms with van der Waals surface area (Å²) in [7, 11) is -5.70. The van der Waals surface area contributed by atoms with Crippen molar-refractivity contribution in [2.45, 2.75) is 11.6 Å². The first-order valence-electron chi connectivity index (χ1n) is 3.46. The highest BCUT2D eigenvalue weighted by atomic mass is 32.2. The molecule has 0 radical (unpaired) electrons. The van der Waals surface area contributed by atoms with Crippen molar-refractivity contribution >= 4 is 16.4 Å². The van der Waals surface area contributed by atoms with Crippen LogP contribution in [-0.4, -0.2) is 38.0 Å². The molecule has 0 unspecified atom stereocenters. The number of aliphatic hydroxyl groups is 1. The summed E-state index contributed by atoms with van der Waals surface area (Å²) in [4.78, 5) is 9.73. The monoisotopic (exact) mass is 248 g/mol. The molecule has 88 valence electrons. The number of hydrogen-bond acceptors (Lipinski definition) is 5. The first kappa shape index (κ1) is 14.1. The molecule has 0 amide bonds. The Hall–Kier alpha value is -0.930. The van der Waals surface area contributed by atoms with E-state index in [1.54, 1.807) is 0 Å². The minimum Gasteiger partial charge on any atom is -0.387 e. The van der Waals surface area contributed by atoms with Crippen LogP contribution in [0.1, 0.15) is 0 Å². The molecule has 0 aromatic carbocycles. The first-order valence-corrected chi connectivity index (χ1v) is 4.87. The van der Waals surface area contributed by atoms with Crippen molar-refractivity contribution in [1.82, 2.24) is 0 Å². The quantitative estimate of drug-likeness (QED) is 0.320. The van der Waals surface area contributed by atoms with Crippen molar-refractivity contribution < 1.29 is 35.7 Å². The van der Waals surface area contributed by atoms with Gasteiger partial charge in [-0.3, -0.25) is 8.98 Å². The molecule has 0 aromatic rings. The molecular formula is C6H7F3O5S. The molecule has 0 aliphatic rings. The third-order valence-corrected chi connectivity index (χ3v) is 2.10. The van der Waals surface area contributed by atoms with E-state index in [0.29, 0.717) is 0 Å². The van der Waals surface area contributed by atoms with E-state index >= 15 is 0 Å². The Labute approximate surface area is 83.3 Å². The Morgan fingerprint density at radius 2 is 1.93 bits per heavy atom. The van der Waals surface area contributed by atoms with E-state index in [2.05, 4.69) is 4.18 Å². The maximum atomic E-state index is 11.7. The lowest BCUT2D eigenvalue weighted by Crippen LogP contribution is -2.28. The molecule has 0 saturated heterocycles. The molecule has 15 heavy (non-hydrogen) atoms. The number of carbonyl (C=O) groups is 1. The van der Waals surface area contributed by atoms with Crippen LogP contribution < -0.4 is 0 Å². The van der Waals surface area contributed by atoms with Crippen LogP contribution in [0.4, 0.5) is 13.2 Å². The fourth-order valence-electron chi connectivity index (χ4n) is 0.455. The number of halogens is 3. The van der Waals surface area contributed by atoms with Gasteiger partial charge in [0.15, 0.2) is 0 Å². The van der Waals surface area contributed by atoms with Gasteiger partial charge in [-0.1, -0.05) is 6.08 Å². The van der Waals surface area contributed by atoms with Gasteiger partial charge in [0.05, 0.1) is 12.7 Å². The van der Waals surface area contributed by atoms with Gasteiger partial charge in [0.1, 0.15) is 6.29 Å². The molecule has 0 aliphatic heterocycles. The van der Waals surface area contributed by atoms with E-state index < -0.39 is 28.3 Å². The molecule has 1 atom stereocenters. The van der Waals surface area contributed by atoms with Crippen molar-refractivity contribution in [2.75, 3.05) is 6.61 Å². The highest BCUT2D eigenvalue weighted by Crippen LogP contribution is 2.24. The summed E-state index contributed by atoms with van der Waals surface area (Å²) in [5, 5.41) is 8.81.